The molecule has 0 radical (unpaired) electrons. The number of aromatic nitrogens is 4. The average molecular weight is 545 g/mol. The SMILES string of the molecule is COc1ccc(-c2nnc(Nc3ccc(S(=O)(=O)Nc4cc(OC)nc(OC)n4)cc3)c3ccccc23)cc1. The second-order valence-electron chi connectivity index (χ2n) is 8.21. The Bertz CT molecular complexity index is 1710. The van der Waals surface area contributed by atoms with Crippen molar-refractivity contribution in [2.45, 2.75) is 4.90 Å². The van der Waals surface area contributed by atoms with Crippen LogP contribution >= 0.6 is 0 Å². The number of hydrogen-bond acceptors (Lipinski definition) is 10. The van der Waals surface area contributed by atoms with E-state index in [2.05, 4.69) is 30.2 Å². The van der Waals surface area contributed by atoms with E-state index < -0.39 is 10.0 Å². The van der Waals surface area contributed by atoms with E-state index in [-0.39, 0.29) is 22.6 Å². The van der Waals surface area contributed by atoms with Gasteiger partial charge in [-0.3, -0.25) is 4.72 Å². The third-order valence-electron chi connectivity index (χ3n) is 5.79. The van der Waals surface area contributed by atoms with Gasteiger partial charge in [0.1, 0.15) is 11.4 Å². The molecule has 198 valence electrons. The van der Waals surface area contributed by atoms with Crippen molar-refractivity contribution in [3.8, 4) is 28.9 Å². The van der Waals surface area contributed by atoms with Gasteiger partial charge in [0, 0.05) is 28.1 Å². The summed E-state index contributed by atoms with van der Waals surface area (Å²) in [7, 11) is 0.459. The maximum Gasteiger partial charge on any atom is 0.321 e. The highest BCUT2D eigenvalue weighted by molar-refractivity contribution is 7.92. The molecule has 0 aliphatic carbocycles. The van der Waals surface area contributed by atoms with Gasteiger partial charge in [-0.15, -0.1) is 10.2 Å². The van der Waals surface area contributed by atoms with Crippen LogP contribution in [0.2, 0.25) is 0 Å². The number of hydrogen-bond donors (Lipinski definition) is 2. The number of anilines is 3. The fourth-order valence-electron chi connectivity index (χ4n) is 3.86. The molecule has 0 amide bonds. The lowest BCUT2D eigenvalue weighted by atomic mass is 10.0. The molecule has 3 aromatic carbocycles. The van der Waals surface area contributed by atoms with E-state index in [4.69, 9.17) is 14.2 Å². The zero-order valence-electron chi connectivity index (χ0n) is 21.2. The minimum atomic E-state index is -3.94. The number of ether oxygens (including phenoxy) is 3. The molecule has 11 nitrogen and oxygen atoms in total. The third kappa shape index (κ3) is 5.50. The molecule has 12 heteroatoms. The lowest BCUT2D eigenvalue weighted by molar-refractivity contribution is 0.353. The molecule has 2 heterocycles. The first kappa shape index (κ1) is 25.7. The van der Waals surface area contributed by atoms with Crippen LogP contribution in [0, 0.1) is 0 Å². The topological polar surface area (TPSA) is 137 Å². The van der Waals surface area contributed by atoms with Gasteiger partial charge in [0.15, 0.2) is 11.6 Å². The van der Waals surface area contributed by atoms with E-state index in [1.165, 1.54) is 32.4 Å². The smallest absolute Gasteiger partial charge is 0.321 e. The number of rotatable bonds is 9. The van der Waals surface area contributed by atoms with Crippen LogP contribution in [-0.2, 0) is 10.0 Å². The van der Waals surface area contributed by atoms with Crippen LogP contribution in [0.5, 0.6) is 17.6 Å². The fourth-order valence-corrected chi connectivity index (χ4v) is 4.85. The normalized spacial score (nSPS) is 11.2. The maximum atomic E-state index is 13.0. The van der Waals surface area contributed by atoms with Crippen LogP contribution in [-0.4, -0.2) is 49.9 Å². The Morgan fingerprint density at radius 3 is 2.13 bits per heavy atom. The highest BCUT2D eigenvalue weighted by Crippen LogP contribution is 2.32. The quantitative estimate of drug-likeness (QED) is 0.269. The van der Waals surface area contributed by atoms with Crippen molar-refractivity contribution in [2.75, 3.05) is 31.4 Å². The number of fused-ring (bicyclic) bond motifs is 1. The number of nitrogens with zero attached hydrogens (tertiary/aromatic N) is 4. The van der Waals surface area contributed by atoms with E-state index in [0.717, 1.165) is 27.8 Å². The summed E-state index contributed by atoms with van der Waals surface area (Å²) >= 11 is 0. The first-order valence-electron chi connectivity index (χ1n) is 11.7. The molecule has 0 fully saturated rings. The maximum absolute atomic E-state index is 13.0. The van der Waals surface area contributed by atoms with Crippen molar-refractivity contribution in [1.82, 2.24) is 20.2 Å². The number of nitrogens with one attached hydrogen (secondary N) is 2. The Balaban J connectivity index is 1.39. The molecule has 39 heavy (non-hydrogen) atoms. The lowest BCUT2D eigenvalue weighted by Crippen LogP contribution is -2.14. The van der Waals surface area contributed by atoms with Crippen molar-refractivity contribution in [1.29, 1.82) is 0 Å². The van der Waals surface area contributed by atoms with Gasteiger partial charge in [-0.1, -0.05) is 24.3 Å². The van der Waals surface area contributed by atoms with Gasteiger partial charge in [0.25, 0.3) is 10.0 Å². The summed E-state index contributed by atoms with van der Waals surface area (Å²) in [6, 6.07) is 23.0. The Morgan fingerprint density at radius 2 is 1.46 bits per heavy atom. The Labute approximate surface area is 224 Å². The largest absolute Gasteiger partial charge is 0.497 e. The molecule has 5 aromatic rings. The molecule has 2 aromatic heterocycles. The monoisotopic (exact) mass is 544 g/mol. The van der Waals surface area contributed by atoms with Crippen LogP contribution in [0.3, 0.4) is 0 Å². The van der Waals surface area contributed by atoms with Gasteiger partial charge in [-0.25, -0.2) is 8.42 Å². The van der Waals surface area contributed by atoms with E-state index in [0.29, 0.717) is 11.5 Å². The molecule has 2 N–H and O–H groups in total. The highest BCUT2D eigenvalue weighted by Gasteiger charge is 2.17. The van der Waals surface area contributed by atoms with E-state index in [1.54, 1.807) is 19.2 Å². The van der Waals surface area contributed by atoms with Gasteiger partial charge in [0.05, 0.1) is 26.2 Å². The summed E-state index contributed by atoms with van der Waals surface area (Å²) in [5.41, 5.74) is 2.28. The van der Waals surface area contributed by atoms with Gasteiger partial charge in [0.2, 0.25) is 5.88 Å². The predicted molar refractivity (Wildman–Crippen MR) is 147 cm³/mol. The minimum Gasteiger partial charge on any atom is -0.497 e. The second kappa shape index (κ2) is 10.8. The lowest BCUT2D eigenvalue weighted by Gasteiger charge is -2.12. The molecule has 5 rings (SSSR count). The molecule has 0 spiro atoms. The third-order valence-corrected chi connectivity index (χ3v) is 7.16. The minimum absolute atomic E-state index is 0.0135. The molecule has 0 aliphatic rings. The number of sulfonamides is 1. The average Bonchev–Trinajstić information content (AvgIpc) is 2.97. The van der Waals surface area contributed by atoms with Gasteiger partial charge < -0.3 is 19.5 Å². The Morgan fingerprint density at radius 1 is 0.744 bits per heavy atom. The molecule has 0 saturated heterocycles. The van der Waals surface area contributed by atoms with Gasteiger partial charge in [-0.05, 0) is 48.5 Å². The Hall–Kier alpha value is -4.97. The molecule has 0 saturated carbocycles. The first-order valence-corrected chi connectivity index (χ1v) is 13.2. The van der Waals surface area contributed by atoms with Crippen LogP contribution in [0.1, 0.15) is 0 Å². The number of benzene rings is 3. The molecule has 0 unspecified atom stereocenters. The van der Waals surface area contributed by atoms with Crippen molar-refractivity contribution >= 4 is 38.1 Å². The summed E-state index contributed by atoms with van der Waals surface area (Å²) in [4.78, 5) is 8.01. The second-order valence-corrected chi connectivity index (χ2v) is 9.89. The van der Waals surface area contributed by atoms with Crippen LogP contribution in [0.15, 0.2) is 83.8 Å². The highest BCUT2D eigenvalue weighted by atomic mass is 32.2. The van der Waals surface area contributed by atoms with Crippen molar-refractivity contribution in [3.63, 3.8) is 0 Å². The van der Waals surface area contributed by atoms with Crippen LogP contribution < -0.4 is 24.2 Å². The summed E-state index contributed by atoms with van der Waals surface area (Å²) in [6.45, 7) is 0. The van der Waals surface area contributed by atoms with Crippen molar-refractivity contribution < 1.29 is 22.6 Å². The molecule has 0 atom stereocenters. The van der Waals surface area contributed by atoms with Gasteiger partial charge in [-0.2, -0.15) is 9.97 Å². The summed E-state index contributed by atoms with van der Waals surface area (Å²) in [5, 5.41) is 13.9. The molecule has 0 bridgehead atoms. The van der Waals surface area contributed by atoms with Crippen LogP contribution in [0.4, 0.5) is 17.3 Å². The Kier molecular flexibility index (Phi) is 7.10. The van der Waals surface area contributed by atoms with Crippen molar-refractivity contribution in [2.24, 2.45) is 0 Å². The van der Waals surface area contributed by atoms with E-state index in [9.17, 15) is 8.42 Å². The standard InChI is InChI=1S/C27H24N6O5S/c1-36-19-12-8-17(9-13-19)25-21-6-4-5-7-22(21)26(32-31-25)28-18-10-14-20(15-11-18)39(34,35)33-23-16-24(37-2)30-27(29-23)38-3/h4-16H,1-3H3,(H,28,32)(H,29,30,33). The zero-order chi connectivity index (χ0) is 27.4. The molecule has 0 aliphatic heterocycles. The summed E-state index contributed by atoms with van der Waals surface area (Å²) < 4.78 is 43.7. The summed E-state index contributed by atoms with van der Waals surface area (Å²) in [5.74, 6) is 1.47. The summed E-state index contributed by atoms with van der Waals surface area (Å²) in [6.07, 6.45) is 0. The van der Waals surface area contributed by atoms with Crippen molar-refractivity contribution in [3.05, 3.63) is 78.9 Å². The van der Waals surface area contributed by atoms with E-state index in [1.807, 2.05) is 48.5 Å². The first-order chi connectivity index (χ1) is 18.9. The van der Waals surface area contributed by atoms with Gasteiger partial charge >= 0.3 is 6.01 Å². The molecular weight excluding hydrogens is 520 g/mol. The number of methoxy groups -OCH3 is 3. The van der Waals surface area contributed by atoms with E-state index >= 15 is 0 Å². The fraction of sp³-hybridized carbons (Fsp3) is 0.111. The zero-order valence-corrected chi connectivity index (χ0v) is 22.1. The predicted octanol–water partition coefficient (Wildman–Crippen LogP) is 4.66. The molecular formula is C27H24N6O5S. The van der Waals surface area contributed by atoms with Crippen LogP contribution in [0.25, 0.3) is 22.0 Å².